The van der Waals surface area contributed by atoms with E-state index in [9.17, 15) is 9.59 Å². The van der Waals surface area contributed by atoms with Crippen LogP contribution in [0.25, 0.3) is 0 Å². The molecule has 2 aromatic rings. The number of nitrogens with two attached hydrogens (primary N) is 1. The van der Waals surface area contributed by atoms with Crippen LogP contribution >= 0.6 is 0 Å². The minimum Gasteiger partial charge on any atom is -0.459 e. The molecule has 0 radical (unpaired) electrons. The molecule has 7 heteroatoms. The van der Waals surface area contributed by atoms with Crippen LogP contribution in [0.3, 0.4) is 0 Å². The number of piperazine rings is 1. The van der Waals surface area contributed by atoms with Gasteiger partial charge in [-0.2, -0.15) is 0 Å². The van der Waals surface area contributed by atoms with Gasteiger partial charge in [-0.15, -0.1) is 0 Å². The summed E-state index contributed by atoms with van der Waals surface area (Å²) in [4.78, 5) is 31.8. The van der Waals surface area contributed by atoms with Gasteiger partial charge in [-0.05, 0) is 18.2 Å². The van der Waals surface area contributed by atoms with Crippen molar-refractivity contribution in [3.63, 3.8) is 0 Å². The second kappa shape index (κ2) is 5.88. The molecular formula is C15H16N4O3. The fourth-order valence-corrected chi connectivity index (χ4v) is 2.43. The molecule has 1 aliphatic heterocycles. The predicted molar refractivity (Wildman–Crippen MR) is 79.2 cm³/mol. The molecule has 2 aromatic heterocycles. The van der Waals surface area contributed by atoms with Crippen molar-refractivity contribution < 1.29 is 14.0 Å². The zero-order valence-electron chi connectivity index (χ0n) is 11.9. The van der Waals surface area contributed by atoms with Crippen molar-refractivity contribution in [1.82, 2.24) is 14.8 Å². The Hall–Kier alpha value is -2.83. The number of amides is 2. The first-order chi connectivity index (χ1) is 10.6. The lowest BCUT2D eigenvalue weighted by molar-refractivity contribution is 0.0518. The number of pyridine rings is 1. The topological polar surface area (TPSA) is 92.7 Å². The molecule has 0 unspecified atom stereocenters. The highest BCUT2D eigenvalue weighted by Gasteiger charge is 2.26. The number of furan rings is 1. The summed E-state index contributed by atoms with van der Waals surface area (Å²) in [6.07, 6.45) is 4.47. The van der Waals surface area contributed by atoms with Crippen LogP contribution in [0.1, 0.15) is 20.9 Å². The molecule has 22 heavy (non-hydrogen) atoms. The summed E-state index contributed by atoms with van der Waals surface area (Å²) >= 11 is 0. The highest BCUT2D eigenvalue weighted by molar-refractivity contribution is 5.95. The van der Waals surface area contributed by atoms with Gasteiger partial charge in [0.25, 0.3) is 11.8 Å². The molecule has 114 valence electrons. The van der Waals surface area contributed by atoms with Crippen LogP contribution < -0.4 is 5.73 Å². The van der Waals surface area contributed by atoms with E-state index in [1.165, 1.54) is 18.7 Å². The van der Waals surface area contributed by atoms with Crippen LogP contribution in [-0.4, -0.2) is 52.8 Å². The molecule has 0 saturated carbocycles. The highest BCUT2D eigenvalue weighted by atomic mass is 16.3. The SMILES string of the molecule is Nc1cncc(C(=O)N2CCN(C(=O)c3ccco3)CC2)c1. The second-order valence-corrected chi connectivity index (χ2v) is 5.07. The fraction of sp³-hybridized carbons (Fsp3) is 0.267. The van der Waals surface area contributed by atoms with E-state index < -0.39 is 0 Å². The van der Waals surface area contributed by atoms with Gasteiger partial charge in [-0.25, -0.2) is 0 Å². The first-order valence-electron chi connectivity index (χ1n) is 6.98. The van der Waals surface area contributed by atoms with Gasteiger partial charge in [0.15, 0.2) is 5.76 Å². The molecule has 0 spiro atoms. The first-order valence-corrected chi connectivity index (χ1v) is 6.98. The fourth-order valence-electron chi connectivity index (χ4n) is 2.43. The Kier molecular flexibility index (Phi) is 3.78. The van der Waals surface area contributed by atoms with Crippen LogP contribution in [0.5, 0.6) is 0 Å². The van der Waals surface area contributed by atoms with Gasteiger partial charge >= 0.3 is 0 Å². The summed E-state index contributed by atoms with van der Waals surface area (Å²) in [6.45, 7) is 1.89. The number of rotatable bonds is 2. The third kappa shape index (κ3) is 2.78. The highest BCUT2D eigenvalue weighted by Crippen LogP contribution is 2.13. The van der Waals surface area contributed by atoms with Gasteiger partial charge in [-0.1, -0.05) is 0 Å². The molecule has 0 bridgehead atoms. The molecule has 2 amide bonds. The summed E-state index contributed by atoms with van der Waals surface area (Å²) in [5.74, 6) is 0.0485. The van der Waals surface area contributed by atoms with Crippen LogP contribution in [0.15, 0.2) is 41.3 Å². The molecule has 7 nitrogen and oxygen atoms in total. The number of aromatic nitrogens is 1. The lowest BCUT2D eigenvalue weighted by Crippen LogP contribution is -2.50. The summed E-state index contributed by atoms with van der Waals surface area (Å²) in [6, 6.07) is 4.92. The summed E-state index contributed by atoms with van der Waals surface area (Å²) < 4.78 is 5.11. The molecular weight excluding hydrogens is 284 g/mol. The Morgan fingerprint density at radius 3 is 2.36 bits per heavy atom. The van der Waals surface area contributed by atoms with Crippen molar-refractivity contribution in [2.24, 2.45) is 0 Å². The monoisotopic (exact) mass is 300 g/mol. The lowest BCUT2D eigenvalue weighted by Gasteiger charge is -2.34. The number of carbonyl (C=O) groups excluding carboxylic acids is 2. The van der Waals surface area contributed by atoms with E-state index in [2.05, 4.69) is 4.98 Å². The van der Waals surface area contributed by atoms with Gasteiger partial charge in [0.1, 0.15) is 0 Å². The number of hydrogen-bond acceptors (Lipinski definition) is 5. The zero-order chi connectivity index (χ0) is 15.5. The van der Waals surface area contributed by atoms with E-state index >= 15 is 0 Å². The van der Waals surface area contributed by atoms with E-state index in [0.29, 0.717) is 43.2 Å². The molecule has 0 aliphatic carbocycles. The van der Waals surface area contributed by atoms with Gasteiger partial charge in [-0.3, -0.25) is 14.6 Å². The minimum absolute atomic E-state index is 0.120. The Bertz CT molecular complexity index is 676. The van der Waals surface area contributed by atoms with Gasteiger partial charge in [0.05, 0.1) is 17.5 Å². The summed E-state index contributed by atoms with van der Waals surface area (Å²) in [7, 11) is 0. The third-order valence-corrected chi connectivity index (χ3v) is 3.59. The number of carbonyl (C=O) groups is 2. The van der Waals surface area contributed by atoms with Crippen molar-refractivity contribution in [3.8, 4) is 0 Å². The van der Waals surface area contributed by atoms with E-state index in [1.54, 1.807) is 28.0 Å². The van der Waals surface area contributed by atoms with Crippen molar-refractivity contribution in [3.05, 3.63) is 48.2 Å². The first kappa shape index (κ1) is 14.1. The molecule has 1 saturated heterocycles. The van der Waals surface area contributed by atoms with Crippen LogP contribution in [0, 0.1) is 0 Å². The maximum Gasteiger partial charge on any atom is 0.289 e. The van der Waals surface area contributed by atoms with Crippen molar-refractivity contribution in [2.75, 3.05) is 31.9 Å². The minimum atomic E-state index is -0.150. The average Bonchev–Trinajstić information content (AvgIpc) is 3.08. The molecule has 0 atom stereocenters. The molecule has 1 aliphatic rings. The van der Waals surface area contributed by atoms with Gasteiger partial charge in [0, 0.05) is 38.6 Å². The number of anilines is 1. The van der Waals surface area contributed by atoms with E-state index in [4.69, 9.17) is 10.2 Å². The van der Waals surface area contributed by atoms with Gasteiger partial charge in [0.2, 0.25) is 0 Å². The van der Waals surface area contributed by atoms with Crippen LogP contribution in [0.4, 0.5) is 5.69 Å². The van der Waals surface area contributed by atoms with E-state index in [0.717, 1.165) is 0 Å². The maximum atomic E-state index is 12.4. The van der Waals surface area contributed by atoms with Crippen molar-refractivity contribution >= 4 is 17.5 Å². The molecule has 1 fully saturated rings. The van der Waals surface area contributed by atoms with Crippen LogP contribution in [-0.2, 0) is 0 Å². The third-order valence-electron chi connectivity index (χ3n) is 3.59. The van der Waals surface area contributed by atoms with Crippen LogP contribution in [0.2, 0.25) is 0 Å². The van der Waals surface area contributed by atoms with Gasteiger partial charge < -0.3 is 20.0 Å². The quantitative estimate of drug-likeness (QED) is 0.887. The maximum absolute atomic E-state index is 12.4. The standard InChI is InChI=1S/C15H16N4O3/c16-12-8-11(9-17-10-12)14(20)18-3-5-19(6-4-18)15(21)13-2-1-7-22-13/h1-2,7-10H,3-6,16H2. The molecule has 3 rings (SSSR count). The Labute approximate surface area is 127 Å². The van der Waals surface area contributed by atoms with Crippen molar-refractivity contribution in [2.45, 2.75) is 0 Å². The Balaban J connectivity index is 1.62. The van der Waals surface area contributed by atoms with E-state index in [1.807, 2.05) is 0 Å². The predicted octanol–water partition coefficient (Wildman–Crippen LogP) is 0.855. The lowest BCUT2D eigenvalue weighted by atomic mass is 10.2. The average molecular weight is 300 g/mol. The summed E-state index contributed by atoms with van der Waals surface area (Å²) in [5.41, 5.74) is 6.57. The molecule has 2 N–H and O–H groups in total. The van der Waals surface area contributed by atoms with E-state index in [-0.39, 0.29) is 11.8 Å². The van der Waals surface area contributed by atoms with Crippen molar-refractivity contribution in [1.29, 1.82) is 0 Å². The zero-order valence-corrected chi connectivity index (χ0v) is 11.9. The Morgan fingerprint density at radius 2 is 1.77 bits per heavy atom. The molecule has 0 aromatic carbocycles. The largest absolute Gasteiger partial charge is 0.459 e. The number of nitrogens with zero attached hydrogens (tertiary/aromatic N) is 3. The smallest absolute Gasteiger partial charge is 0.289 e. The normalized spacial score (nSPS) is 14.9. The number of nitrogen functional groups attached to an aromatic ring is 1. The number of hydrogen-bond donors (Lipinski definition) is 1. The second-order valence-electron chi connectivity index (χ2n) is 5.07. The Morgan fingerprint density at radius 1 is 1.09 bits per heavy atom. The molecule has 3 heterocycles. The summed E-state index contributed by atoms with van der Waals surface area (Å²) in [5, 5.41) is 0.